The van der Waals surface area contributed by atoms with Crippen LogP contribution in [0.5, 0.6) is 0 Å². The van der Waals surface area contributed by atoms with E-state index in [9.17, 15) is 19.2 Å². The highest BCUT2D eigenvalue weighted by Crippen LogP contribution is 2.20. The van der Waals surface area contributed by atoms with Crippen molar-refractivity contribution in [1.82, 2.24) is 20.2 Å². The van der Waals surface area contributed by atoms with E-state index < -0.39 is 17.9 Å². The Labute approximate surface area is 196 Å². The van der Waals surface area contributed by atoms with Crippen LogP contribution in [-0.4, -0.2) is 46.4 Å². The van der Waals surface area contributed by atoms with Gasteiger partial charge in [0.1, 0.15) is 0 Å². The van der Waals surface area contributed by atoms with Crippen molar-refractivity contribution in [3.05, 3.63) is 34.1 Å². The monoisotopic (exact) mass is 474 g/mol. The SMILES string of the molecule is CCCCn1c(SCC(=O)NC(=O)NC2CCCCC2)nc2cc(C(=O)OC)ccc2c1=O. The number of rotatable bonds is 8. The van der Waals surface area contributed by atoms with Crippen molar-refractivity contribution in [3.63, 3.8) is 0 Å². The summed E-state index contributed by atoms with van der Waals surface area (Å²) >= 11 is 1.09. The molecule has 3 rings (SSSR count). The molecular formula is C23H30N4O5S. The number of aromatic nitrogens is 2. The van der Waals surface area contributed by atoms with E-state index in [-0.39, 0.29) is 22.9 Å². The Bertz CT molecular complexity index is 1080. The van der Waals surface area contributed by atoms with Crippen molar-refractivity contribution in [2.24, 2.45) is 0 Å². The van der Waals surface area contributed by atoms with E-state index in [2.05, 4.69) is 15.6 Å². The minimum atomic E-state index is -0.522. The van der Waals surface area contributed by atoms with Crippen LogP contribution >= 0.6 is 11.8 Å². The molecule has 10 heteroatoms. The predicted octanol–water partition coefficient (Wildman–Crippen LogP) is 3.23. The molecule has 1 aromatic carbocycles. The highest BCUT2D eigenvalue weighted by molar-refractivity contribution is 7.99. The van der Waals surface area contributed by atoms with Crippen molar-refractivity contribution in [2.75, 3.05) is 12.9 Å². The molecule has 33 heavy (non-hydrogen) atoms. The van der Waals surface area contributed by atoms with Gasteiger partial charge in [0.05, 0.1) is 29.3 Å². The molecule has 1 aliphatic rings. The number of nitrogens with zero attached hydrogens (tertiary/aromatic N) is 2. The van der Waals surface area contributed by atoms with E-state index in [1.807, 2.05) is 6.92 Å². The number of urea groups is 1. The molecule has 2 aromatic rings. The first-order chi connectivity index (χ1) is 15.9. The van der Waals surface area contributed by atoms with Crippen LogP contribution < -0.4 is 16.2 Å². The number of esters is 1. The zero-order valence-electron chi connectivity index (χ0n) is 19.0. The summed E-state index contributed by atoms with van der Waals surface area (Å²) in [7, 11) is 1.28. The van der Waals surface area contributed by atoms with Crippen molar-refractivity contribution in [2.45, 2.75) is 69.6 Å². The first kappa shape index (κ1) is 24.8. The van der Waals surface area contributed by atoms with Crippen LogP contribution in [0, 0.1) is 0 Å². The molecule has 0 spiro atoms. The fraction of sp³-hybridized carbons (Fsp3) is 0.522. The fourth-order valence-electron chi connectivity index (χ4n) is 3.83. The molecule has 3 amide bonds. The average Bonchev–Trinajstić information content (AvgIpc) is 2.82. The lowest BCUT2D eigenvalue weighted by Crippen LogP contribution is -2.45. The summed E-state index contributed by atoms with van der Waals surface area (Å²) in [5.41, 5.74) is 0.410. The van der Waals surface area contributed by atoms with Crippen LogP contribution in [0.15, 0.2) is 28.2 Å². The standard InChI is InChI=1S/C23H30N4O5S/c1-3-4-12-27-20(29)17-11-10-15(21(30)32-2)13-18(17)25-23(27)33-14-19(28)26-22(31)24-16-8-6-5-7-9-16/h10-11,13,16H,3-9,12,14H2,1-2H3,(H2,24,26,28,31). The first-order valence-corrected chi connectivity index (χ1v) is 12.3. The smallest absolute Gasteiger partial charge is 0.337 e. The summed E-state index contributed by atoms with van der Waals surface area (Å²) < 4.78 is 6.29. The van der Waals surface area contributed by atoms with Gasteiger partial charge in [0.2, 0.25) is 5.91 Å². The fourth-order valence-corrected chi connectivity index (χ4v) is 4.66. The lowest BCUT2D eigenvalue weighted by atomic mass is 9.96. The Morgan fingerprint density at radius 2 is 1.97 bits per heavy atom. The Morgan fingerprint density at radius 1 is 1.21 bits per heavy atom. The Balaban J connectivity index is 1.75. The number of carbonyl (C=O) groups excluding carboxylic acids is 3. The van der Waals surface area contributed by atoms with Gasteiger partial charge in [-0.05, 0) is 37.5 Å². The summed E-state index contributed by atoms with van der Waals surface area (Å²) in [6.07, 6.45) is 6.84. The number of thioether (sulfide) groups is 1. The van der Waals surface area contributed by atoms with Gasteiger partial charge in [0.15, 0.2) is 5.16 Å². The van der Waals surface area contributed by atoms with Gasteiger partial charge >= 0.3 is 12.0 Å². The summed E-state index contributed by atoms with van der Waals surface area (Å²) in [5, 5.41) is 5.96. The predicted molar refractivity (Wildman–Crippen MR) is 127 cm³/mol. The van der Waals surface area contributed by atoms with Crippen molar-refractivity contribution in [3.8, 4) is 0 Å². The second kappa shape index (κ2) is 11.8. The topological polar surface area (TPSA) is 119 Å². The molecule has 0 unspecified atom stereocenters. The molecule has 0 saturated heterocycles. The minimum Gasteiger partial charge on any atom is -0.465 e. The Hall–Kier alpha value is -2.88. The largest absolute Gasteiger partial charge is 0.465 e. The van der Waals surface area contributed by atoms with Crippen LogP contribution in [-0.2, 0) is 16.1 Å². The summed E-state index contributed by atoms with van der Waals surface area (Å²) in [4.78, 5) is 54.0. The maximum absolute atomic E-state index is 13.1. The second-order valence-electron chi connectivity index (χ2n) is 8.07. The van der Waals surface area contributed by atoms with Crippen LogP contribution in [0.25, 0.3) is 10.9 Å². The first-order valence-electron chi connectivity index (χ1n) is 11.3. The number of unbranched alkanes of at least 4 members (excludes halogenated alkanes) is 1. The van der Waals surface area contributed by atoms with Crippen LogP contribution in [0.4, 0.5) is 4.79 Å². The van der Waals surface area contributed by atoms with Crippen molar-refractivity contribution < 1.29 is 19.1 Å². The number of ether oxygens (including phenoxy) is 1. The third kappa shape index (κ3) is 6.56. The Morgan fingerprint density at radius 3 is 2.67 bits per heavy atom. The third-order valence-electron chi connectivity index (χ3n) is 5.60. The average molecular weight is 475 g/mol. The van der Waals surface area contributed by atoms with E-state index in [0.29, 0.717) is 22.6 Å². The molecule has 1 aromatic heterocycles. The number of benzene rings is 1. The van der Waals surface area contributed by atoms with Gasteiger partial charge in [-0.25, -0.2) is 14.6 Å². The second-order valence-corrected chi connectivity index (χ2v) is 9.02. The number of carbonyl (C=O) groups is 3. The Kier molecular flexibility index (Phi) is 8.87. The van der Waals surface area contributed by atoms with Crippen LogP contribution in [0.2, 0.25) is 0 Å². The molecule has 9 nitrogen and oxygen atoms in total. The van der Waals surface area contributed by atoms with Gasteiger partial charge < -0.3 is 10.1 Å². The number of fused-ring (bicyclic) bond motifs is 1. The van der Waals surface area contributed by atoms with Gasteiger partial charge in [-0.2, -0.15) is 0 Å². The van der Waals surface area contributed by atoms with Gasteiger partial charge in [0, 0.05) is 12.6 Å². The van der Waals surface area contributed by atoms with Gasteiger partial charge in [-0.15, -0.1) is 0 Å². The van der Waals surface area contributed by atoms with Crippen LogP contribution in [0.1, 0.15) is 62.2 Å². The molecule has 2 N–H and O–H groups in total. The molecule has 0 bridgehead atoms. The number of amides is 3. The number of methoxy groups -OCH3 is 1. The molecular weight excluding hydrogens is 444 g/mol. The summed E-state index contributed by atoms with van der Waals surface area (Å²) in [5.74, 6) is -1.06. The van der Waals surface area contributed by atoms with Gasteiger partial charge in [-0.1, -0.05) is 44.4 Å². The number of hydrogen-bond donors (Lipinski definition) is 2. The summed E-state index contributed by atoms with van der Waals surface area (Å²) in [6.45, 7) is 2.48. The van der Waals surface area contributed by atoms with E-state index in [1.54, 1.807) is 10.6 Å². The number of hydrogen-bond acceptors (Lipinski definition) is 7. The van der Waals surface area contributed by atoms with Crippen molar-refractivity contribution >= 4 is 40.6 Å². The van der Waals surface area contributed by atoms with E-state index >= 15 is 0 Å². The lowest BCUT2D eigenvalue weighted by Gasteiger charge is -2.22. The third-order valence-corrected chi connectivity index (χ3v) is 6.58. The zero-order valence-corrected chi connectivity index (χ0v) is 19.8. The molecule has 0 radical (unpaired) electrons. The maximum atomic E-state index is 13.1. The molecule has 1 heterocycles. The quantitative estimate of drug-likeness (QED) is 0.342. The minimum absolute atomic E-state index is 0.0706. The molecule has 0 aliphatic heterocycles. The van der Waals surface area contributed by atoms with E-state index in [0.717, 1.165) is 50.3 Å². The van der Waals surface area contributed by atoms with E-state index in [1.165, 1.54) is 25.7 Å². The van der Waals surface area contributed by atoms with Gasteiger partial charge in [0.25, 0.3) is 5.56 Å². The molecule has 0 atom stereocenters. The number of imide groups is 1. The highest BCUT2D eigenvalue weighted by Gasteiger charge is 2.19. The van der Waals surface area contributed by atoms with Crippen molar-refractivity contribution in [1.29, 1.82) is 0 Å². The van der Waals surface area contributed by atoms with E-state index in [4.69, 9.17) is 4.74 Å². The maximum Gasteiger partial charge on any atom is 0.337 e. The zero-order chi connectivity index (χ0) is 23.8. The molecule has 1 aliphatic carbocycles. The summed E-state index contributed by atoms with van der Waals surface area (Å²) in [6, 6.07) is 4.21. The molecule has 1 saturated carbocycles. The van der Waals surface area contributed by atoms with Crippen LogP contribution in [0.3, 0.4) is 0 Å². The number of nitrogens with one attached hydrogen (secondary N) is 2. The molecule has 1 fully saturated rings. The van der Waals surface area contributed by atoms with Gasteiger partial charge in [-0.3, -0.25) is 19.5 Å². The normalized spacial score (nSPS) is 14.1. The lowest BCUT2D eigenvalue weighted by molar-refractivity contribution is -0.117. The molecule has 178 valence electrons. The highest BCUT2D eigenvalue weighted by atomic mass is 32.2.